The molecule has 1 aliphatic heterocycles. The molecule has 0 spiro atoms. The molecule has 0 saturated carbocycles. The van der Waals surface area contributed by atoms with Crippen molar-refractivity contribution in [3.63, 3.8) is 0 Å². The van der Waals surface area contributed by atoms with Crippen molar-refractivity contribution in [2.75, 3.05) is 7.11 Å². The molecule has 1 aromatic heterocycles. The van der Waals surface area contributed by atoms with Crippen LogP contribution >= 0.6 is 0 Å². The first kappa shape index (κ1) is 11.1. The van der Waals surface area contributed by atoms with Crippen molar-refractivity contribution in [3.8, 4) is 5.75 Å². The molecule has 0 radical (unpaired) electrons. The molecule has 4 nitrogen and oxygen atoms in total. The number of ether oxygens (including phenoxy) is 1. The predicted octanol–water partition coefficient (Wildman–Crippen LogP) is 2.93. The fourth-order valence-corrected chi connectivity index (χ4v) is 2.85. The smallest absolute Gasteiger partial charge is 0.120 e. The molecule has 4 heteroatoms. The van der Waals surface area contributed by atoms with Crippen molar-refractivity contribution in [2.45, 2.75) is 26.3 Å². The highest BCUT2D eigenvalue weighted by Gasteiger charge is 2.22. The molecule has 2 heterocycles. The number of aromatic nitrogens is 1. The van der Waals surface area contributed by atoms with Crippen molar-refractivity contribution in [3.05, 3.63) is 29.5 Å². The third kappa shape index (κ3) is 1.41. The van der Waals surface area contributed by atoms with Crippen LogP contribution in [0.1, 0.15) is 24.1 Å². The molecular formula is C14H16N2O2. The van der Waals surface area contributed by atoms with Gasteiger partial charge in [-0.25, -0.2) is 0 Å². The molecule has 1 N–H and O–H groups in total. The Bertz CT molecular complexity index is 641. The first-order valence-electron chi connectivity index (χ1n) is 6.14. The summed E-state index contributed by atoms with van der Waals surface area (Å²) in [6.07, 6.45) is 1.84. The lowest BCUT2D eigenvalue weighted by molar-refractivity contribution is 0.316. The summed E-state index contributed by atoms with van der Waals surface area (Å²) in [4.78, 5) is 0. The third-order valence-corrected chi connectivity index (χ3v) is 3.71. The van der Waals surface area contributed by atoms with Gasteiger partial charge in [-0.15, -0.1) is 0 Å². The van der Waals surface area contributed by atoms with E-state index in [4.69, 9.17) is 9.94 Å². The maximum atomic E-state index is 9.14. The lowest BCUT2D eigenvalue weighted by atomic mass is 10.0. The molecule has 2 aromatic rings. The molecule has 3 rings (SSSR count). The van der Waals surface area contributed by atoms with Crippen LogP contribution in [0.3, 0.4) is 0 Å². The van der Waals surface area contributed by atoms with Crippen LogP contribution in [-0.2, 0) is 6.54 Å². The highest BCUT2D eigenvalue weighted by molar-refractivity contribution is 6.06. The highest BCUT2D eigenvalue weighted by atomic mass is 16.5. The Kier molecular flexibility index (Phi) is 2.51. The van der Waals surface area contributed by atoms with Gasteiger partial charge < -0.3 is 14.5 Å². The van der Waals surface area contributed by atoms with Gasteiger partial charge in [0.15, 0.2) is 0 Å². The van der Waals surface area contributed by atoms with Gasteiger partial charge in [-0.3, -0.25) is 0 Å². The maximum absolute atomic E-state index is 9.14. The van der Waals surface area contributed by atoms with Crippen LogP contribution in [-0.4, -0.2) is 22.6 Å². The van der Waals surface area contributed by atoms with Gasteiger partial charge in [-0.2, -0.15) is 0 Å². The van der Waals surface area contributed by atoms with Crippen LogP contribution in [0.15, 0.2) is 23.4 Å². The molecular weight excluding hydrogens is 228 g/mol. The van der Waals surface area contributed by atoms with Gasteiger partial charge >= 0.3 is 0 Å². The summed E-state index contributed by atoms with van der Waals surface area (Å²) >= 11 is 0. The van der Waals surface area contributed by atoms with Gasteiger partial charge in [0.25, 0.3) is 0 Å². The standard InChI is InChI=1S/C14H16N2O2/c1-9-11-6-5-10(18-2)8-13(11)16-7-3-4-12(15-17)14(9)16/h5-6,8,17H,3-4,7H2,1-2H3/b15-12+. The van der Waals surface area contributed by atoms with Crippen LogP contribution < -0.4 is 4.74 Å². The summed E-state index contributed by atoms with van der Waals surface area (Å²) in [7, 11) is 1.68. The van der Waals surface area contributed by atoms with E-state index in [1.807, 2.05) is 12.1 Å². The lowest BCUT2D eigenvalue weighted by Gasteiger charge is -2.17. The van der Waals surface area contributed by atoms with E-state index >= 15 is 0 Å². The Labute approximate surface area is 105 Å². The largest absolute Gasteiger partial charge is 0.497 e. The Morgan fingerprint density at radius 3 is 2.94 bits per heavy atom. The van der Waals surface area contributed by atoms with Crippen LogP contribution in [0.5, 0.6) is 5.75 Å². The van der Waals surface area contributed by atoms with Gasteiger partial charge in [-0.05, 0) is 37.5 Å². The van der Waals surface area contributed by atoms with E-state index < -0.39 is 0 Å². The molecule has 0 atom stereocenters. The molecule has 0 aliphatic carbocycles. The van der Waals surface area contributed by atoms with E-state index in [1.54, 1.807) is 7.11 Å². The second-order valence-electron chi connectivity index (χ2n) is 4.66. The molecule has 0 amide bonds. The number of hydrogen-bond acceptors (Lipinski definition) is 3. The Hall–Kier alpha value is -1.97. The zero-order valence-corrected chi connectivity index (χ0v) is 10.6. The number of methoxy groups -OCH3 is 1. The van der Waals surface area contributed by atoms with E-state index in [2.05, 4.69) is 22.7 Å². The van der Waals surface area contributed by atoms with Crippen LogP contribution in [0, 0.1) is 6.92 Å². The van der Waals surface area contributed by atoms with Gasteiger partial charge in [-0.1, -0.05) is 5.16 Å². The molecule has 1 aliphatic rings. The summed E-state index contributed by atoms with van der Waals surface area (Å²) in [6, 6.07) is 6.09. The number of oxime groups is 1. The van der Waals surface area contributed by atoms with Crippen molar-refractivity contribution < 1.29 is 9.94 Å². The van der Waals surface area contributed by atoms with E-state index in [0.29, 0.717) is 0 Å². The number of rotatable bonds is 1. The number of nitrogens with zero attached hydrogens (tertiary/aromatic N) is 2. The van der Waals surface area contributed by atoms with Gasteiger partial charge in [0.1, 0.15) is 11.5 Å². The van der Waals surface area contributed by atoms with Crippen LogP contribution in [0.2, 0.25) is 0 Å². The Morgan fingerprint density at radius 1 is 1.39 bits per heavy atom. The SMILES string of the molecule is COc1ccc2c(C)c3n(c2c1)CCC/C3=N\O. The molecule has 0 fully saturated rings. The lowest BCUT2D eigenvalue weighted by Crippen LogP contribution is -2.17. The number of fused-ring (bicyclic) bond motifs is 3. The first-order valence-corrected chi connectivity index (χ1v) is 6.14. The minimum atomic E-state index is 0.786. The quantitative estimate of drug-likeness (QED) is 0.619. The number of benzene rings is 1. The molecule has 0 unspecified atom stereocenters. The second-order valence-corrected chi connectivity index (χ2v) is 4.66. The fourth-order valence-electron chi connectivity index (χ4n) is 2.85. The predicted molar refractivity (Wildman–Crippen MR) is 70.8 cm³/mol. The molecule has 94 valence electrons. The van der Waals surface area contributed by atoms with Crippen LogP contribution in [0.4, 0.5) is 0 Å². The summed E-state index contributed by atoms with van der Waals surface area (Å²) in [5.41, 5.74) is 4.18. The highest BCUT2D eigenvalue weighted by Crippen LogP contribution is 2.32. The number of hydrogen-bond donors (Lipinski definition) is 1. The molecule has 0 bridgehead atoms. The first-order chi connectivity index (χ1) is 8.76. The van der Waals surface area contributed by atoms with Gasteiger partial charge in [0, 0.05) is 18.0 Å². The summed E-state index contributed by atoms with van der Waals surface area (Å²) in [6.45, 7) is 3.04. The van der Waals surface area contributed by atoms with E-state index in [-0.39, 0.29) is 0 Å². The Morgan fingerprint density at radius 2 is 2.22 bits per heavy atom. The van der Waals surface area contributed by atoms with Crippen LogP contribution in [0.25, 0.3) is 10.9 Å². The van der Waals surface area contributed by atoms with Crippen molar-refractivity contribution in [1.29, 1.82) is 0 Å². The van der Waals surface area contributed by atoms with E-state index in [9.17, 15) is 0 Å². The van der Waals surface area contributed by atoms with E-state index in [0.717, 1.165) is 42.1 Å². The molecule has 0 saturated heterocycles. The van der Waals surface area contributed by atoms with Crippen molar-refractivity contribution in [2.24, 2.45) is 5.16 Å². The zero-order valence-electron chi connectivity index (χ0n) is 10.6. The van der Waals surface area contributed by atoms with Crippen molar-refractivity contribution in [1.82, 2.24) is 4.57 Å². The monoisotopic (exact) mass is 244 g/mol. The minimum Gasteiger partial charge on any atom is -0.497 e. The fraction of sp³-hybridized carbons (Fsp3) is 0.357. The minimum absolute atomic E-state index is 0.786. The topological polar surface area (TPSA) is 46.8 Å². The molecule has 18 heavy (non-hydrogen) atoms. The van der Waals surface area contributed by atoms with E-state index in [1.165, 1.54) is 10.9 Å². The average molecular weight is 244 g/mol. The maximum Gasteiger partial charge on any atom is 0.120 e. The Balaban J connectivity index is 2.35. The third-order valence-electron chi connectivity index (χ3n) is 3.71. The summed E-state index contributed by atoms with van der Waals surface area (Å²) < 4.78 is 7.51. The number of aryl methyl sites for hydroxylation is 2. The van der Waals surface area contributed by atoms with Gasteiger partial charge in [0.05, 0.1) is 18.3 Å². The summed E-state index contributed by atoms with van der Waals surface area (Å²) in [5.74, 6) is 0.857. The average Bonchev–Trinajstić information content (AvgIpc) is 2.72. The second kappa shape index (κ2) is 4.05. The molecule has 1 aromatic carbocycles. The summed E-state index contributed by atoms with van der Waals surface area (Å²) in [5, 5.41) is 13.8. The zero-order chi connectivity index (χ0) is 12.7. The normalized spacial score (nSPS) is 17.1. The van der Waals surface area contributed by atoms with Crippen molar-refractivity contribution >= 4 is 16.6 Å². The van der Waals surface area contributed by atoms with Gasteiger partial charge in [0.2, 0.25) is 0 Å².